The van der Waals surface area contributed by atoms with Crippen LogP contribution in [0.15, 0.2) is 18.2 Å². The molecule has 0 saturated carbocycles. The number of nitrogens with zero attached hydrogens (tertiary/aromatic N) is 2. The first-order chi connectivity index (χ1) is 9.94. The van der Waals surface area contributed by atoms with E-state index in [0.29, 0.717) is 5.69 Å². The largest absolute Gasteiger partial charge is 0.416 e. The van der Waals surface area contributed by atoms with Crippen molar-refractivity contribution in [2.45, 2.75) is 32.0 Å². The van der Waals surface area contributed by atoms with Gasteiger partial charge in [0.25, 0.3) is 0 Å². The molecule has 1 aliphatic rings. The highest BCUT2D eigenvalue weighted by Gasteiger charge is 2.31. The molecule has 0 aliphatic carbocycles. The van der Waals surface area contributed by atoms with Gasteiger partial charge in [-0.05, 0) is 44.1 Å². The van der Waals surface area contributed by atoms with Crippen molar-refractivity contribution in [3.63, 3.8) is 0 Å². The zero-order valence-corrected chi connectivity index (χ0v) is 11.9. The van der Waals surface area contributed by atoms with E-state index in [-0.39, 0.29) is 11.6 Å². The fourth-order valence-electron chi connectivity index (χ4n) is 2.62. The molecular weight excluding hydrogens is 279 g/mol. The van der Waals surface area contributed by atoms with E-state index >= 15 is 0 Å². The number of anilines is 1. The Bertz CT molecular complexity index is 534. The van der Waals surface area contributed by atoms with Gasteiger partial charge in [0, 0.05) is 12.6 Å². The molecule has 2 rings (SSSR count). The van der Waals surface area contributed by atoms with Crippen LogP contribution in [0.1, 0.15) is 30.9 Å². The Morgan fingerprint density at radius 1 is 1.43 bits per heavy atom. The minimum Gasteiger partial charge on any atom is -0.380 e. The van der Waals surface area contributed by atoms with Crippen molar-refractivity contribution in [1.29, 1.82) is 5.26 Å². The number of piperidine rings is 1. The second-order valence-corrected chi connectivity index (χ2v) is 5.25. The average Bonchev–Trinajstić information content (AvgIpc) is 2.46. The molecule has 1 aliphatic heterocycles. The van der Waals surface area contributed by atoms with Crippen LogP contribution < -0.4 is 5.32 Å². The van der Waals surface area contributed by atoms with E-state index in [9.17, 15) is 13.2 Å². The number of nitrogens with one attached hydrogen (secondary N) is 1. The van der Waals surface area contributed by atoms with Gasteiger partial charge in [0.1, 0.15) is 6.07 Å². The smallest absolute Gasteiger partial charge is 0.380 e. The number of benzene rings is 1. The molecule has 1 heterocycles. The van der Waals surface area contributed by atoms with E-state index in [1.54, 1.807) is 0 Å². The topological polar surface area (TPSA) is 39.1 Å². The Balaban J connectivity index is 2.15. The average molecular weight is 297 g/mol. The van der Waals surface area contributed by atoms with Crippen LogP contribution >= 0.6 is 0 Å². The lowest BCUT2D eigenvalue weighted by atomic mass is 10.0. The molecule has 21 heavy (non-hydrogen) atoms. The van der Waals surface area contributed by atoms with Crippen molar-refractivity contribution < 1.29 is 13.2 Å². The quantitative estimate of drug-likeness (QED) is 0.928. The summed E-state index contributed by atoms with van der Waals surface area (Å²) in [5.74, 6) is 0. The number of rotatable bonds is 3. The maximum atomic E-state index is 12.7. The summed E-state index contributed by atoms with van der Waals surface area (Å²) in [5.41, 5.74) is -0.268. The molecule has 0 amide bonds. The lowest BCUT2D eigenvalue weighted by Gasteiger charge is -2.33. The SMILES string of the molecule is CCN1CCCC(Nc2ccc(C(F)(F)F)cc2C#N)C1. The van der Waals surface area contributed by atoms with E-state index in [1.807, 2.05) is 6.07 Å². The van der Waals surface area contributed by atoms with Crippen LogP contribution in [-0.2, 0) is 6.18 Å². The molecule has 3 nitrogen and oxygen atoms in total. The van der Waals surface area contributed by atoms with Crippen molar-refractivity contribution in [1.82, 2.24) is 4.90 Å². The number of halogens is 3. The third-order valence-electron chi connectivity index (χ3n) is 3.78. The summed E-state index contributed by atoms with van der Waals surface area (Å²) in [7, 11) is 0. The molecule has 1 saturated heterocycles. The van der Waals surface area contributed by atoms with Gasteiger partial charge >= 0.3 is 6.18 Å². The summed E-state index contributed by atoms with van der Waals surface area (Å²) >= 11 is 0. The monoisotopic (exact) mass is 297 g/mol. The standard InChI is InChI=1S/C15H18F3N3/c1-2-21-7-3-4-13(10-21)20-14-6-5-12(15(16,17)18)8-11(14)9-19/h5-6,8,13,20H,2-4,7,10H2,1H3. The van der Waals surface area contributed by atoms with E-state index < -0.39 is 11.7 Å². The first-order valence-corrected chi connectivity index (χ1v) is 7.04. The molecule has 1 unspecified atom stereocenters. The van der Waals surface area contributed by atoms with E-state index in [0.717, 1.165) is 44.6 Å². The van der Waals surface area contributed by atoms with Gasteiger partial charge < -0.3 is 10.2 Å². The molecule has 6 heteroatoms. The Labute approximate surface area is 122 Å². The molecule has 1 aromatic carbocycles. The van der Waals surface area contributed by atoms with Crippen LogP contribution in [0.3, 0.4) is 0 Å². The molecule has 0 bridgehead atoms. The predicted octanol–water partition coefficient (Wildman–Crippen LogP) is 3.47. The third kappa shape index (κ3) is 3.88. The van der Waals surface area contributed by atoms with Crippen LogP contribution in [0, 0.1) is 11.3 Å². The number of alkyl halides is 3. The predicted molar refractivity (Wildman–Crippen MR) is 74.9 cm³/mol. The van der Waals surface area contributed by atoms with Crippen molar-refractivity contribution >= 4 is 5.69 Å². The Kier molecular flexibility index (Phi) is 4.73. The van der Waals surface area contributed by atoms with Crippen LogP contribution in [0.5, 0.6) is 0 Å². The van der Waals surface area contributed by atoms with E-state index in [4.69, 9.17) is 5.26 Å². The third-order valence-corrected chi connectivity index (χ3v) is 3.78. The molecule has 1 aromatic rings. The molecule has 0 spiro atoms. The molecule has 114 valence electrons. The van der Waals surface area contributed by atoms with Gasteiger partial charge in [0.2, 0.25) is 0 Å². The van der Waals surface area contributed by atoms with Crippen LogP contribution in [-0.4, -0.2) is 30.6 Å². The van der Waals surface area contributed by atoms with E-state index in [1.165, 1.54) is 6.07 Å². The lowest BCUT2D eigenvalue weighted by Crippen LogP contribution is -2.41. The normalized spacial score (nSPS) is 20.0. The summed E-state index contributed by atoms with van der Waals surface area (Å²) in [6.07, 6.45) is -2.41. The highest BCUT2D eigenvalue weighted by atomic mass is 19.4. The molecule has 1 N–H and O–H groups in total. The fraction of sp³-hybridized carbons (Fsp3) is 0.533. The second kappa shape index (κ2) is 6.35. The van der Waals surface area contributed by atoms with Crippen molar-refractivity contribution in [2.75, 3.05) is 25.0 Å². The van der Waals surface area contributed by atoms with Gasteiger partial charge in [-0.15, -0.1) is 0 Å². The summed E-state index contributed by atoms with van der Waals surface area (Å²) < 4.78 is 38.0. The summed E-state index contributed by atoms with van der Waals surface area (Å²) in [6, 6.07) is 5.29. The number of hydrogen-bond donors (Lipinski definition) is 1. The van der Waals surface area contributed by atoms with Crippen LogP contribution in [0.2, 0.25) is 0 Å². The maximum Gasteiger partial charge on any atom is 0.416 e. The number of likely N-dealkylation sites (N-methyl/N-ethyl adjacent to an activating group) is 1. The Morgan fingerprint density at radius 2 is 2.19 bits per heavy atom. The zero-order valence-electron chi connectivity index (χ0n) is 11.9. The van der Waals surface area contributed by atoms with Gasteiger partial charge in [0.15, 0.2) is 0 Å². The van der Waals surface area contributed by atoms with Crippen LogP contribution in [0.25, 0.3) is 0 Å². The highest BCUT2D eigenvalue weighted by molar-refractivity contribution is 5.59. The highest BCUT2D eigenvalue weighted by Crippen LogP contribution is 2.32. The first kappa shape index (κ1) is 15.6. The zero-order chi connectivity index (χ0) is 15.5. The minimum absolute atomic E-state index is 0.0402. The molecule has 1 fully saturated rings. The Hall–Kier alpha value is -1.74. The molecule has 1 atom stereocenters. The molecule has 0 aromatic heterocycles. The van der Waals surface area contributed by atoms with Crippen molar-refractivity contribution in [2.24, 2.45) is 0 Å². The molecular formula is C15H18F3N3. The summed E-state index contributed by atoms with van der Waals surface area (Å²) in [6.45, 7) is 4.94. The lowest BCUT2D eigenvalue weighted by molar-refractivity contribution is -0.137. The van der Waals surface area contributed by atoms with Gasteiger partial charge in [-0.3, -0.25) is 0 Å². The van der Waals surface area contributed by atoms with Crippen molar-refractivity contribution in [3.8, 4) is 6.07 Å². The Morgan fingerprint density at radius 3 is 2.81 bits per heavy atom. The first-order valence-electron chi connectivity index (χ1n) is 7.04. The summed E-state index contributed by atoms with van der Waals surface area (Å²) in [5, 5.41) is 12.3. The summed E-state index contributed by atoms with van der Waals surface area (Å²) in [4.78, 5) is 2.29. The number of hydrogen-bond acceptors (Lipinski definition) is 3. The van der Waals surface area contributed by atoms with Gasteiger partial charge in [-0.1, -0.05) is 6.92 Å². The van der Waals surface area contributed by atoms with Gasteiger partial charge in [0.05, 0.1) is 16.8 Å². The molecule has 0 radical (unpaired) electrons. The second-order valence-electron chi connectivity index (χ2n) is 5.25. The van der Waals surface area contributed by atoms with Crippen LogP contribution in [0.4, 0.5) is 18.9 Å². The fourth-order valence-corrected chi connectivity index (χ4v) is 2.62. The van der Waals surface area contributed by atoms with Gasteiger partial charge in [-0.2, -0.15) is 18.4 Å². The maximum absolute atomic E-state index is 12.7. The van der Waals surface area contributed by atoms with E-state index in [2.05, 4.69) is 17.1 Å². The number of nitriles is 1. The van der Waals surface area contributed by atoms with Crippen molar-refractivity contribution in [3.05, 3.63) is 29.3 Å². The van der Waals surface area contributed by atoms with Gasteiger partial charge in [-0.25, -0.2) is 0 Å². The number of likely N-dealkylation sites (tertiary alicyclic amines) is 1. The minimum atomic E-state index is -4.42.